The highest BCUT2D eigenvalue weighted by Crippen LogP contribution is 2.29. The second kappa shape index (κ2) is 12.1. The highest BCUT2D eigenvalue weighted by atomic mass is 19.1. The van der Waals surface area contributed by atoms with Gasteiger partial charge in [-0.15, -0.1) is 0 Å². The standard InChI is InChI=1S/C31H32FN5O3/c1-22-10-5-8-15-26(22)37-27(23-11-3-2-4-12-23)28(30(39)35-20-17-33-18-21-35)36(31(37)40)19-9-16-34-29(38)24-13-6-7-14-25(24)32/h2-8,10-15,33H,9,16-21H2,1H3,(H,34,38). The van der Waals surface area contributed by atoms with Crippen LogP contribution in [0.2, 0.25) is 0 Å². The Labute approximate surface area is 232 Å². The molecule has 8 nitrogen and oxygen atoms in total. The van der Waals surface area contributed by atoms with Crippen LogP contribution in [-0.4, -0.2) is 58.6 Å². The largest absolute Gasteiger partial charge is 0.352 e. The Kier molecular flexibility index (Phi) is 8.21. The van der Waals surface area contributed by atoms with Gasteiger partial charge in [-0.25, -0.2) is 9.18 Å². The Morgan fingerprint density at radius 1 is 0.925 bits per heavy atom. The molecule has 2 N–H and O–H groups in total. The summed E-state index contributed by atoms with van der Waals surface area (Å²) in [6, 6.07) is 22.9. The van der Waals surface area contributed by atoms with E-state index in [0.717, 1.165) is 11.1 Å². The van der Waals surface area contributed by atoms with E-state index in [1.54, 1.807) is 15.5 Å². The maximum Gasteiger partial charge on any atom is 0.333 e. The molecule has 0 atom stereocenters. The molecular formula is C31H32FN5O3. The summed E-state index contributed by atoms with van der Waals surface area (Å²) < 4.78 is 17.2. The van der Waals surface area contributed by atoms with E-state index in [-0.39, 0.29) is 30.2 Å². The molecule has 2 heterocycles. The van der Waals surface area contributed by atoms with E-state index in [2.05, 4.69) is 10.6 Å². The molecule has 0 radical (unpaired) electrons. The third-order valence-electron chi connectivity index (χ3n) is 7.11. The van der Waals surface area contributed by atoms with Crippen molar-refractivity contribution in [2.75, 3.05) is 32.7 Å². The lowest BCUT2D eigenvalue weighted by atomic mass is 10.1. The minimum atomic E-state index is -0.595. The number of carbonyl (C=O) groups is 2. The predicted molar refractivity (Wildman–Crippen MR) is 152 cm³/mol. The van der Waals surface area contributed by atoms with Crippen LogP contribution in [0.3, 0.4) is 0 Å². The van der Waals surface area contributed by atoms with Crippen LogP contribution in [0.4, 0.5) is 4.39 Å². The van der Waals surface area contributed by atoms with Crippen molar-refractivity contribution in [3.63, 3.8) is 0 Å². The highest BCUT2D eigenvalue weighted by molar-refractivity contribution is 5.99. The summed E-state index contributed by atoms with van der Waals surface area (Å²) in [6.45, 7) is 4.77. The number of aryl methyl sites for hydroxylation is 1. The third kappa shape index (κ3) is 5.46. The Morgan fingerprint density at radius 2 is 1.60 bits per heavy atom. The number of carbonyl (C=O) groups excluding carboxylic acids is 2. The number of nitrogens with one attached hydrogen (secondary N) is 2. The first-order chi connectivity index (χ1) is 19.5. The van der Waals surface area contributed by atoms with Crippen LogP contribution in [-0.2, 0) is 6.54 Å². The lowest BCUT2D eigenvalue weighted by molar-refractivity contribution is 0.0724. The quantitative estimate of drug-likeness (QED) is 0.334. The molecule has 9 heteroatoms. The van der Waals surface area contributed by atoms with Gasteiger partial charge in [0.05, 0.1) is 16.9 Å². The second-order valence-corrected chi connectivity index (χ2v) is 9.75. The molecule has 1 fully saturated rings. The number of hydrogen-bond donors (Lipinski definition) is 2. The van der Waals surface area contributed by atoms with Gasteiger partial charge in [0.2, 0.25) is 0 Å². The molecule has 0 saturated carbocycles. The molecule has 1 saturated heterocycles. The van der Waals surface area contributed by atoms with E-state index in [4.69, 9.17) is 0 Å². The monoisotopic (exact) mass is 541 g/mol. The highest BCUT2D eigenvalue weighted by Gasteiger charge is 2.31. The first kappa shape index (κ1) is 27.1. The summed E-state index contributed by atoms with van der Waals surface area (Å²) in [5, 5.41) is 6.00. The smallest absolute Gasteiger partial charge is 0.333 e. The average molecular weight is 542 g/mol. The number of rotatable bonds is 8. The molecule has 1 aromatic heterocycles. The maximum absolute atomic E-state index is 14.1. The molecule has 2 amide bonds. The van der Waals surface area contributed by atoms with E-state index < -0.39 is 11.7 Å². The summed E-state index contributed by atoms with van der Waals surface area (Å²) in [4.78, 5) is 42.5. The summed E-state index contributed by atoms with van der Waals surface area (Å²) in [5.41, 5.74) is 2.86. The lowest BCUT2D eigenvalue weighted by Crippen LogP contribution is -2.47. The van der Waals surface area contributed by atoms with Crippen molar-refractivity contribution in [2.24, 2.45) is 0 Å². The van der Waals surface area contributed by atoms with Gasteiger partial charge in [0.25, 0.3) is 11.8 Å². The molecule has 206 valence electrons. The van der Waals surface area contributed by atoms with Gasteiger partial charge in [-0.2, -0.15) is 0 Å². The third-order valence-corrected chi connectivity index (χ3v) is 7.11. The van der Waals surface area contributed by atoms with Crippen LogP contribution in [0.25, 0.3) is 16.9 Å². The van der Waals surface area contributed by atoms with E-state index in [9.17, 15) is 18.8 Å². The molecule has 0 spiro atoms. The van der Waals surface area contributed by atoms with E-state index in [0.29, 0.717) is 49.7 Å². The molecule has 1 aliphatic rings. The second-order valence-electron chi connectivity index (χ2n) is 9.75. The molecule has 0 aliphatic carbocycles. The molecule has 4 aromatic rings. The summed E-state index contributed by atoms with van der Waals surface area (Å²) in [7, 11) is 0. The Balaban J connectivity index is 1.55. The predicted octanol–water partition coefficient (Wildman–Crippen LogP) is 3.62. The molecule has 5 rings (SSSR count). The van der Waals surface area contributed by atoms with Gasteiger partial charge in [-0.1, -0.05) is 60.7 Å². The molecule has 40 heavy (non-hydrogen) atoms. The average Bonchev–Trinajstić information content (AvgIpc) is 3.27. The van der Waals surface area contributed by atoms with Gasteiger partial charge < -0.3 is 15.5 Å². The maximum atomic E-state index is 14.1. The Morgan fingerprint density at radius 3 is 2.33 bits per heavy atom. The summed E-state index contributed by atoms with van der Waals surface area (Å²) >= 11 is 0. The minimum absolute atomic E-state index is 0.0358. The fourth-order valence-electron chi connectivity index (χ4n) is 5.07. The number of hydrogen-bond acceptors (Lipinski definition) is 4. The molecule has 0 unspecified atom stereocenters. The van der Waals surface area contributed by atoms with Crippen LogP contribution in [0.1, 0.15) is 32.8 Å². The molecule has 0 bridgehead atoms. The normalized spacial score (nSPS) is 13.3. The topological polar surface area (TPSA) is 88.4 Å². The number of aromatic nitrogens is 2. The van der Waals surface area contributed by atoms with Gasteiger partial charge in [0.15, 0.2) is 0 Å². The number of halogens is 1. The number of nitrogens with zero attached hydrogens (tertiary/aromatic N) is 3. The zero-order chi connectivity index (χ0) is 28.1. The van der Waals surface area contributed by atoms with Crippen molar-refractivity contribution in [2.45, 2.75) is 19.9 Å². The molecule has 1 aliphatic heterocycles. The van der Waals surface area contributed by atoms with Crippen molar-refractivity contribution < 1.29 is 14.0 Å². The summed E-state index contributed by atoms with van der Waals surface area (Å²) in [5.74, 6) is -1.33. The molecular weight excluding hydrogens is 509 g/mol. The fourth-order valence-corrected chi connectivity index (χ4v) is 5.07. The van der Waals surface area contributed by atoms with Crippen LogP contribution in [0, 0.1) is 12.7 Å². The fraction of sp³-hybridized carbons (Fsp3) is 0.258. The number of imidazole rings is 1. The first-order valence-electron chi connectivity index (χ1n) is 13.5. The lowest BCUT2D eigenvalue weighted by Gasteiger charge is -2.28. The van der Waals surface area contributed by atoms with E-state index >= 15 is 0 Å². The Bertz CT molecular complexity index is 1570. The van der Waals surface area contributed by atoms with Gasteiger partial charge in [0, 0.05) is 44.8 Å². The van der Waals surface area contributed by atoms with Crippen LogP contribution >= 0.6 is 0 Å². The van der Waals surface area contributed by atoms with Crippen molar-refractivity contribution in [3.05, 3.63) is 112 Å². The Hall–Kier alpha value is -4.50. The zero-order valence-corrected chi connectivity index (χ0v) is 22.4. The SMILES string of the molecule is Cc1ccccc1-n1c(-c2ccccc2)c(C(=O)N2CCNCC2)n(CCCNC(=O)c2ccccc2F)c1=O. The molecule has 3 aromatic carbocycles. The van der Waals surface area contributed by atoms with Crippen molar-refractivity contribution in [1.29, 1.82) is 0 Å². The van der Waals surface area contributed by atoms with Gasteiger partial charge in [0.1, 0.15) is 11.5 Å². The number of para-hydroxylation sites is 1. The number of benzene rings is 3. The summed E-state index contributed by atoms with van der Waals surface area (Å²) in [6.07, 6.45) is 0.369. The zero-order valence-electron chi connectivity index (χ0n) is 22.4. The van der Waals surface area contributed by atoms with Crippen molar-refractivity contribution in [1.82, 2.24) is 24.7 Å². The minimum Gasteiger partial charge on any atom is -0.352 e. The first-order valence-corrected chi connectivity index (χ1v) is 13.5. The van der Waals surface area contributed by atoms with Gasteiger partial charge >= 0.3 is 5.69 Å². The number of amides is 2. The van der Waals surface area contributed by atoms with Crippen molar-refractivity contribution in [3.8, 4) is 16.9 Å². The number of piperazine rings is 1. The van der Waals surface area contributed by atoms with Crippen LogP contribution < -0.4 is 16.3 Å². The van der Waals surface area contributed by atoms with E-state index in [1.807, 2.05) is 61.5 Å². The van der Waals surface area contributed by atoms with E-state index in [1.165, 1.54) is 22.8 Å². The van der Waals surface area contributed by atoms with Gasteiger partial charge in [-0.05, 0) is 37.1 Å². The van der Waals surface area contributed by atoms with Gasteiger partial charge in [-0.3, -0.25) is 18.7 Å². The van der Waals surface area contributed by atoms with Crippen molar-refractivity contribution >= 4 is 11.8 Å². The van der Waals surface area contributed by atoms with Crippen LogP contribution in [0.15, 0.2) is 83.7 Å². The van der Waals surface area contributed by atoms with Crippen LogP contribution in [0.5, 0.6) is 0 Å².